The Bertz CT molecular complexity index is 4710. The number of aromatic amines is 1. The van der Waals surface area contributed by atoms with E-state index in [1.807, 2.05) is 77.6 Å². The van der Waals surface area contributed by atoms with E-state index in [2.05, 4.69) is 91.7 Å². The average molecular weight is 1470 g/mol. The summed E-state index contributed by atoms with van der Waals surface area (Å²) < 4.78 is 15.7. The van der Waals surface area contributed by atoms with E-state index >= 15 is 0 Å². The van der Waals surface area contributed by atoms with Gasteiger partial charge in [0.2, 0.25) is 0 Å². The molecule has 0 aliphatic carbocycles. The Morgan fingerprint density at radius 2 is 1.13 bits per heavy atom. The van der Waals surface area contributed by atoms with Crippen LogP contribution in [0, 0.1) is 2.88 Å². The number of fused-ring (bicyclic) bond motifs is 6. The number of anilines is 2. The number of nitrogens with zero attached hydrogens (tertiary/aromatic N) is 7. The van der Waals surface area contributed by atoms with Gasteiger partial charge in [-0.2, -0.15) is 9.97 Å². The fourth-order valence-electron chi connectivity index (χ4n) is 7.05. The first kappa shape index (κ1) is 70.2. The van der Waals surface area contributed by atoms with E-state index in [-0.39, 0.29) is 17.5 Å². The van der Waals surface area contributed by atoms with Crippen LogP contribution in [0.1, 0.15) is 27.7 Å². The molecular formula is C60H49B2Cl4IN10O9S4. The van der Waals surface area contributed by atoms with Crippen molar-refractivity contribution in [3.05, 3.63) is 193 Å². The molecule has 0 saturated heterocycles. The highest BCUT2D eigenvalue weighted by Gasteiger charge is 2.32. The number of pyridine rings is 6. The highest BCUT2D eigenvalue weighted by Crippen LogP contribution is 2.39. The molecule has 0 spiro atoms. The van der Waals surface area contributed by atoms with Gasteiger partial charge in [0.1, 0.15) is 18.9 Å². The number of hydrogen-bond donors (Lipinski definition) is 7. The summed E-state index contributed by atoms with van der Waals surface area (Å²) in [6.45, 7) is 6.31. The molecule has 30 heteroatoms. The van der Waals surface area contributed by atoms with Crippen LogP contribution in [0.3, 0.4) is 0 Å². The minimum atomic E-state index is -1.38. The molecule has 9 N–H and O–H groups in total. The Balaban J connectivity index is 0.000000154. The highest BCUT2D eigenvalue weighted by molar-refractivity contribution is 14.1. The normalized spacial score (nSPS) is 10.8. The Kier molecular flexibility index (Phi) is 25.5. The molecule has 458 valence electrons. The molecule has 0 fully saturated rings. The number of thiophene rings is 4. The molecule has 19 nitrogen and oxygen atoms in total. The average Bonchev–Trinajstić information content (AvgIpc) is 2.02. The molecule has 0 bridgehead atoms. The minimum Gasteiger partial charge on any atom is -0.424 e. The molecule has 0 aliphatic heterocycles. The second-order valence-electron chi connectivity index (χ2n) is 19.2. The van der Waals surface area contributed by atoms with Gasteiger partial charge in [0.25, 0.3) is 12.0 Å². The van der Waals surface area contributed by atoms with Crippen molar-refractivity contribution in [2.45, 2.75) is 38.9 Å². The lowest BCUT2D eigenvalue weighted by molar-refractivity contribution is -0.127. The lowest BCUT2D eigenvalue weighted by Crippen LogP contribution is -2.44. The number of halogens is 5. The third kappa shape index (κ3) is 20.1. The molecule has 0 unspecified atom stereocenters. The number of nitrogen functional groups attached to an aromatic ring is 2. The van der Waals surface area contributed by atoms with Crippen LogP contribution in [0.15, 0.2) is 183 Å². The molecule has 12 aromatic heterocycles. The largest absolute Gasteiger partial charge is 0.488 e. The monoisotopic (exact) mass is 1470 g/mol. The molecule has 2 aromatic carbocycles. The molecule has 12 heterocycles. The second kappa shape index (κ2) is 32.6. The van der Waals surface area contributed by atoms with Crippen molar-refractivity contribution in [3.63, 3.8) is 0 Å². The van der Waals surface area contributed by atoms with E-state index < -0.39 is 28.8 Å². The number of rotatable bonds is 5. The van der Waals surface area contributed by atoms with Crippen LogP contribution in [0.2, 0.25) is 10.0 Å². The van der Waals surface area contributed by atoms with Gasteiger partial charge in [-0.05, 0) is 198 Å². The molecule has 0 atom stereocenters. The van der Waals surface area contributed by atoms with E-state index in [9.17, 15) is 14.4 Å². The van der Waals surface area contributed by atoms with Crippen LogP contribution in [0.5, 0.6) is 0 Å². The molecule has 90 heavy (non-hydrogen) atoms. The number of benzene rings is 2. The summed E-state index contributed by atoms with van der Waals surface area (Å²) >= 11 is 29.5. The summed E-state index contributed by atoms with van der Waals surface area (Å²) in [5.74, 6) is 0. The Morgan fingerprint density at radius 1 is 0.600 bits per heavy atom. The van der Waals surface area contributed by atoms with Gasteiger partial charge in [-0.1, -0.05) is 34.7 Å². The smallest absolute Gasteiger partial charge is 0.424 e. The first-order valence-corrected chi connectivity index (χ1v) is 31.9. The van der Waals surface area contributed by atoms with Crippen LogP contribution >= 0.6 is 114 Å². The maximum atomic E-state index is 11.0. The topological polar surface area (TPSA) is 316 Å². The van der Waals surface area contributed by atoms with Crippen LogP contribution in [0.4, 0.5) is 12.0 Å². The number of oxazole rings is 2. The molecular weight excluding hydrogens is 1420 g/mol. The summed E-state index contributed by atoms with van der Waals surface area (Å²) in [6, 6.07) is 33.8. The van der Waals surface area contributed by atoms with Crippen molar-refractivity contribution >= 4 is 226 Å². The van der Waals surface area contributed by atoms with Gasteiger partial charge in [-0.15, -0.1) is 45.3 Å². The zero-order valence-corrected chi connectivity index (χ0v) is 55.9. The molecule has 14 aromatic rings. The number of nitrogens with two attached hydrogens (primary N) is 2. The van der Waals surface area contributed by atoms with Crippen molar-refractivity contribution in [1.29, 1.82) is 0 Å². The fourth-order valence-corrected chi connectivity index (χ4v) is 12.0. The lowest BCUT2D eigenvalue weighted by Gasteiger charge is -2.31. The molecule has 0 aliphatic rings. The first-order valence-electron chi connectivity index (χ1n) is 26.0. The standard InChI is InChI=1S/C19H12N4OS.C7H5BN2O.C7H3ClINS.C7H4ClNS.C7H5NOS.C6H14O2.C5H6BNO2.C2Cl2O2/c20-19-23-14-9-12(1-2-16(14)24-19)17-10-15-18(25-17)13(5-8-22-15)11-3-6-21-7-4-11;8-4-1-2-6-5(3-4)10-7(9)11-6;8-4-1-2-10-5-3-6(9)11-7(4)5;8-5-1-3-9-6-2-4-10-7(5)6;9-6-1-3-8-5-2-4-10-7(5)6;1-5(2,7)6(3,4)8;8-6(9)5-1-3-7-4-2-5;3-1(5)2(4)6/h1-10H,(H2,20,23);1-3H,(H2,9,10);1-3H;1-4H;1-4H,(H,8,9);7-8H,1-4H3;1-4,8-9H;. The van der Waals surface area contributed by atoms with Crippen molar-refractivity contribution in [2.75, 3.05) is 11.5 Å². The molecule has 2 radical (unpaired) electrons. The zero-order valence-electron chi connectivity index (χ0n) is 47.5. The van der Waals surface area contributed by atoms with E-state index in [4.69, 9.17) is 71.6 Å². The van der Waals surface area contributed by atoms with Gasteiger partial charge in [-0.25, -0.2) is 0 Å². The Hall–Kier alpha value is -7.28. The van der Waals surface area contributed by atoms with Crippen LogP contribution in [0.25, 0.3) is 84.6 Å². The number of aliphatic hydroxyl groups is 2. The van der Waals surface area contributed by atoms with Crippen LogP contribution in [-0.2, 0) is 9.59 Å². The summed E-state index contributed by atoms with van der Waals surface area (Å²) in [4.78, 5) is 62.8. The second-order valence-corrected chi connectivity index (χ2v) is 26.6. The van der Waals surface area contributed by atoms with Gasteiger partial charge >= 0.3 is 17.6 Å². The van der Waals surface area contributed by atoms with Crippen molar-refractivity contribution < 1.29 is 38.7 Å². The van der Waals surface area contributed by atoms with Crippen LogP contribution < -0.4 is 27.8 Å². The third-order valence-corrected chi connectivity index (χ3v) is 18.5. The van der Waals surface area contributed by atoms with Gasteiger partial charge in [-0.3, -0.25) is 39.3 Å². The number of aromatic nitrogens is 8. The number of carbonyl (C=O) groups is 2. The Morgan fingerprint density at radius 3 is 1.69 bits per heavy atom. The predicted molar refractivity (Wildman–Crippen MR) is 377 cm³/mol. The van der Waals surface area contributed by atoms with Gasteiger partial charge in [0.05, 0.1) is 65.0 Å². The summed E-state index contributed by atoms with van der Waals surface area (Å²) in [5, 5.41) is 38.5. The first-order chi connectivity index (χ1) is 42.8. The maximum absolute atomic E-state index is 11.0. The van der Waals surface area contributed by atoms with Gasteiger partial charge in [0, 0.05) is 66.1 Å². The summed E-state index contributed by atoms with van der Waals surface area (Å²) in [5.41, 5.74) is 20.2. The van der Waals surface area contributed by atoms with Gasteiger partial charge in [0.15, 0.2) is 16.6 Å². The summed E-state index contributed by atoms with van der Waals surface area (Å²) in [7, 11) is 4.13. The number of nitrogens with one attached hydrogen (secondary N) is 1. The number of hydrogen-bond acceptors (Lipinski definition) is 22. The van der Waals surface area contributed by atoms with Crippen molar-refractivity contribution in [2.24, 2.45) is 0 Å². The van der Waals surface area contributed by atoms with Crippen molar-refractivity contribution in [1.82, 2.24) is 39.9 Å². The maximum Gasteiger partial charge on any atom is 0.488 e. The SMILES string of the molecule is CC(C)(O)C(C)(C)O.Clc1ccnc2cc(I)sc12.Clc1ccnc2ccsc12.Nc1nc2cc(-c3cc4nccc(-c5ccncc5)c4s3)ccc2o1.O=C(Cl)C(=O)Cl.O=c1cc[nH]c2ccsc12.OB(O)c1ccncc1.[B]c1ccc2oc(N)nc2c1. The van der Waals surface area contributed by atoms with Crippen molar-refractivity contribution in [3.8, 4) is 21.6 Å². The number of H-pyrrole nitrogens is 1. The zero-order chi connectivity index (χ0) is 65.3. The molecule has 14 rings (SSSR count). The quantitative estimate of drug-likeness (QED) is 0.0364. The van der Waals surface area contributed by atoms with E-state index in [1.165, 1.54) is 26.6 Å². The van der Waals surface area contributed by atoms with E-state index in [0.29, 0.717) is 27.6 Å². The molecule has 0 amide bonds. The molecule has 0 saturated carbocycles. The van der Waals surface area contributed by atoms with Crippen LogP contribution in [-0.4, -0.2) is 96.8 Å². The predicted octanol–water partition coefficient (Wildman–Crippen LogP) is 12.9. The highest BCUT2D eigenvalue weighted by atomic mass is 127. The fraction of sp³-hybridized carbons (Fsp3) is 0.100. The van der Waals surface area contributed by atoms with E-state index in [1.54, 1.807) is 135 Å². The minimum absolute atomic E-state index is 0.101. The summed E-state index contributed by atoms with van der Waals surface area (Å²) in [6.07, 6.45) is 13.6. The Labute approximate surface area is 564 Å². The lowest BCUT2D eigenvalue weighted by atomic mass is 9.81. The van der Waals surface area contributed by atoms with E-state index in [0.717, 1.165) is 78.0 Å². The van der Waals surface area contributed by atoms with Gasteiger partial charge < -0.3 is 45.5 Å². The third-order valence-electron chi connectivity index (χ3n) is 12.2. The number of carbonyl (C=O) groups excluding carboxylic acids is 2.